The van der Waals surface area contributed by atoms with Gasteiger partial charge in [-0.3, -0.25) is 4.79 Å². The molecule has 0 fully saturated rings. The fourth-order valence-electron chi connectivity index (χ4n) is 1.94. The molecule has 0 aliphatic heterocycles. The Hall–Kier alpha value is -2.25. The van der Waals surface area contributed by atoms with Crippen LogP contribution in [0.4, 0.5) is 0 Å². The number of pyridine rings is 1. The highest BCUT2D eigenvalue weighted by molar-refractivity contribution is 7.98. The van der Waals surface area contributed by atoms with E-state index in [1.807, 2.05) is 49.4 Å². The van der Waals surface area contributed by atoms with Gasteiger partial charge in [-0.05, 0) is 24.6 Å². The summed E-state index contributed by atoms with van der Waals surface area (Å²) >= 11 is 2.89. The molecular formula is C17H16N4OS2. The molecule has 0 spiro atoms. The van der Waals surface area contributed by atoms with Gasteiger partial charge in [0.1, 0.15) is 5.01 Å². The van der Waals surface area contributed by atoms with Gasteiger partial charge in [0.25, 0.3) is 5.91 Å². The lowest BCUT2D eigenvalue weighted by Gasteiger charge is -2.03. The third kappa shape index (κ3) is 4.62. The minimum Gasteiger partial charge on any atom is -0.346 e. The van der Waals surface area contributed by atoms with Gasteiger partial charge in [0, 0.05) is 12.7 Å². The van der Waals surface area contributed by atoms with Crippen LogP contribution in [-0.4, -0.2) is 21.1 Å². The molecule has 2 heterocycles. The molecule has 3 rings (SSSR count). The number of carbonyl (C=O) groups excluding carboxylic acids is 1. The van der Waals surface area contributed by atoms with Crippen molar-refractivity contribution in [3.8, 4) is 0 Å². The van der Waals surface area contributed by atoms with Crippen molar-refractivity contribution in [1.29, 1.82) is 0 Å². The van der Waals surface area contributed by atoms with Crippen molar-refractivity contribution in [1.82, 2.24) is 20.5 Å². The lowest BCUT2D eigenvalue weighted by molar-refractivity contribution is 0.0950. The zero-order valence-corrected chi connectivity index (χ0v) is 14.7. The van der Waals surface area contributed by atoms with Crippen LogP contribution in [0.25, 0.3) is 0 Å². The fraction of sp³-hybridized carbons (Fsp3) is 0.176. The molecule has 0 saturated heterocycles. The van der Waals surface area contributed by atoms with Crippen molar-refractivity contribution in [2.75, 3.05) is 0 Å². The molecule has 0 aliphatic carbocycles. The summed E-state index contributed by atoms with van der Waals surface area (Å²) in [7, 11) is 0. The normalized spacial score (nSPS) is 10.5. The maximum absolute atomic E-state index is 12.2. The first kappa shape index (κ1) is 16.6. The first-order valence-electron chi connectivity index (χ1n) is 7.40. The minimum absolute atomic E-state index is 0.192. The Morgan fingerprint density at radius 3 is 2.75 bits per heavy atom. The molecule has 5 nitrogen and oxygen atoms in total. The van der Waals surface area contributed by atoms with Crippen LogP contribution in [0.15, 0.2) is 53.7 Å². The summed E-state index contributed by atoms with van der Waals surface area (Å²) in [6.45, 7) is 2.52. The summed E-state index contributed by atoms with van der Waals surface area (Å²) in [5, 5.41) is 13.1. The lowest BCUT2D eigenvalue weighted by Crippen LogP contribution is -2.22. The van der Waals surface area contributed by atoms with Crippen molar-refractivity contribution in [2.45, 2.75) is 24.2 Å². The van der Waals surface area contributed by atoms with Crippen LogP contribution in [0.1, 0.15) is 25.9 Å². The summed E-state index contributed by atoms with van der Waals surface area (Å²) in [4.78, 5) is 16.4. The van der Waals surface area contributed by atoms with E-state index < -0.39 is 0 Å². The van der Waals surface area contributed by atoms with Gasteiger partial charge in [0.15, 0.2) is 0 Å². The number of rotatable bonds is 6. The highest BCUT2D eigenvalue weighted by atomic mass is 32.2. The van der Waals surface area contributed by atoms with Crippen LogP contribution in [0.3, 0.4) is 0 Å². The molecular weight excluding hydrogens is 340 g/mol. The monoisotopic (exact) mass is 356 g/mol. The van der Waals surface area contributed by atoms with Crippen LogP contribution in [0.5, 0.6) is 0 Å². The number of aromatic nitrogens is 3. The number of carbonyl (C=O) groups is 1. The molecule has 0 unspecified atom stereocenters. The van der Waals surface area contributed by atoms with Gasteiger partial charge in [-0.15, -0.1) is 10.2 Å². The molecule has 122 valence electrons. The van der Waals surface area contributed by atoms with Gasteiger partial charge < -0.3 is 5.32 Å². The largest absolute Gasteiger partial charge is 0.346 e. The quantitative estimate of drug-likeness (QED) is 0.685. The molecule has 2 aromatic heterocycles. The molecule has 0 bridgehead atoms. The summed E-state index contributed by atoms with van der Waals surface area (Å²) in [6.07, 6.45) is 1.76. The van der Waals surface area contributed by atoms with E-state index in [9.17, 15) is 4.79 Å². The Morgan fingerprint density at radius 1 is 1.17 bits per heavy atom. The van der Waals surface area contributed by atoms with E-state index >= 15 is 0 Å². The maximum atomic E-state index is 12.2. The van der Waals surface area contributed by atoms with E-state index in [1.54, 1.807) is 18.0 Å². The van der Waals surface area contributed by atoms with E-state index in [1.165, 1.54) is 16.9 Å². The van der Waals surface area contributed by atoms with Gasteiger partial charge in [0.2, 0.25) is 5.01 Å². The molecule has 1 aromatic carbocycles. The Morgan fingerprint density at radius 2 is 2.00 bits per heavy atom. The third-order valence-electron chi connectivity index (χ3n) is 3.22. The Bertz CT molecular complexity index is 803. The Balaban J connectivity index is 1.52. The van der Waals surface area contributed by atoms with Crippen LogP contribution in [0, 0.1) is 6.92 Å². The molecule has 3 aromatic rings. The zero-order valence-electron chi connectivity index (χ0n) is 13.1. The molecule has 0 aliphatic rings. The number of hydrogen-bond acceptors (Lipinski definition) is 6. The van der Waals surface area contributed by atoms with Gasteiger partial charge in [0.05, 0.1) is 10.8 Å². The topological polar surface area (TPSA) is 67.8 Å². The highest BCUT2D eigenvalue weighted by Gasteiger charge is 2.12. The number of benzene rings is 1. The standard InChI is InChI=1S/C17H16N4OS2/c1-12-5-7-13(8-6-12)10-19-16(22)17-21-20-15(24-17)11-23-14-4-2-3-9-18-14/h2-9H,10-11H2,1H3,(H,19,22). The summed E-state index contributed by atoms with van der Waals surface area (Å²) in [6, 6.07) is 13.8. The number of aryl methyl sites for hydroxylation is 1. The second kappa shape index (κ2) is 8.03. The predicted octanol–water partition coefficient (Wildman–Crippen LogP) is 3.46. The van der Waals surface area contributed by atoms with Crippen molar-refractivity contribution in [3.63, 3.8) is 0 Å². The number of nitrogens with one attached hydrogen (secondary N) is 1. The van der Waals surface area contributed by atoms with E-state index in [-0.39, 0.29) is 5.91 Å². The van der Waals surface area contributed by atoms with Crippen LogP contribution < -0.4 is 5.32 Å². The van der Waals surface area contributed by atoms with Crippen molar-refractivity contribution in [2.24, 2.45) is 0 Å². The Kier molecular flexibility index (Phi) is 5.55. The molecule has 0 radical (unpaired) electrons. The van der Waals surface area contributed by atoms with Crippen LogP contribution in [-0.2, 0) is 12.3 Å². The van der Waals surface area contributed by atoms with E-state index in [4.69, 9.17) is 0 Å². The van der Waals surface area contributed by atoms with Gasteiger partial charge in [-0.1, -0.05) is 59.0 Å². The van der Waals surface area contributed by atoms with Crippen molar-refractivity contribution >= 4 is 29.0 Å². The molecule has 1 N–H and O–H groups in total. The molecule has 1 amide bonds. The minimum atomic E-state index is -0.192. The summed E-state index contributed by atoms with van der Waals surface area (Å²) in [5.74, 6) is 0.460. The van der Waals surface area contributed by atoms with Gasteiger partial charge >= 0.3 is 0 Å². The number of hydrogen-bond donors (Lipinski definition) is 1. The summed E-state index contributed by atoms with van der Waals surface area (Å²) in [5.41, 5.74) is 2.26. The first-order chi connectivity index (χ1) is 11.7. The maximum Gasteiger partial charge on any atom is 0.282 e. The smallest absolute Gasteiger partial charge is 0.282 e. The van der Waals surface area contributed by atoms with Crippen LogP contribution in [0.2, 0.25) is 0 Å². The highest BCUT2D eigenvalue weighted by Crippen LogP contribution is 2.22. The first-order valence-corrected chi connectivity index (χ1v) is 9.21. The van der Waals surface area contributed by atoms with E-state index in [2.05, 4.69) is 20.5 Å². The number of amides is 1. The average molecular weight is 356 g/mol. The molecule has 0 atom stereocenters. The van der Waals surface area contributed by atoms with E-state index in [0.29, 0.717) is 17.3 Å². The number of thioether (sulfide) groups is 1. The second-order valence-electron chi connectivity index (χ2n) is 5.13. The van der Waals surface area contributed by atoms with Gasteiger partial charge in [-0.2, -0.15) is 0 Å². The molecule has 7 heteroatoms. The van der Waals surface area contributed by atoms with Gasteiger partial charge in [-0.25, -0.2) is 4.98 Å². The second-order valence-corrected chi connectivity index (χ2v) is 7.18. The van der Waals surface area contributed by atoms with Crippen molar-refractivity contribution in [3.05, 3.63) is 69.8 Å². The fourth-order valence-corrected chi connectivity index (χ4v) is 3.54. The molecule has 24 heavy (non-hydrogen) atoms. The van der Waals surface area contributed by atoms with E-state index in [0.717, 1.165) is 15.6 Å². The number of nitrogens with zero attached hydrogens (tertiary/aromatic N) is 3. The van der Waals surface area contributed by atoms with Crippen LogP contribution >= 0.6 is 23.1 Å². The predicted molar refractivity (Wildman–Crippen MR) is 96.1 cm³/mol. The van der Waals surface area contributed by atoms with Crippen molar-refractivity contribution < 1.29 is 4.79 Å². The summed E-state index contributed by atoms with van der Waals surface area (Å²) < 4.78 is 0. The molecule has 0 saturated carbocycles. The lowest BCUT2D eigenvalue weighted by atomic mass is 10.1. The SMILES string of the molecule is Cc1ccc(CNC(=O)c2nnc(CSc3ccccn3)s2)cc1. The average Bonchev–Trinajstić information content (AvgIpc) is 3.09. The third-order valence-corrected chi connectivity index (χ3v) is 5.28. The zero-order chi connectivity index (χ0) is 16.8. The Labute approximate surface area is 148 Å².